The normalized spacial score (nSPS) is 15.6. The zero-order valence-corrected chi connectivity index (χ0v) is 2.86. The fourth-order valence-corrected chi connectivity index (χ4v) is 0.201. The molecule has 1 rings (SSSR count). The Hall–Kier alpha value is -0.740. The van der Waals surface area contributed by atoms with Crippen LogP contribution in [0.5, 0.6) is 0 Å². The molecule has 0 saturated heterocycles. The zero-order chi connectivity index (χ0) is 3.70. The first-order chi connectivity index (χ1) is 2.39. The van der Waals surface area contributed by atoms with Crippen LogP contribution in [0.4, 0.5) is 0 Å². The minimum absolute atomic E-state index is 1.07. The maximum Gasteiger partial charge on any atom is -0.0127 e. The van der Waals surface area contributed by atoms with Crippen LogP contribution in [0.2, 0.25) is 0 Å². The molecule has 0 heteroatoms. The van der Waals surface area contributed by atoms with Crippen LogP contribution in [0.25, 0.3) is 0 Å². The Kier molecular flexibility index (Phi) is 0.300. The molecule has 0 fully saturated rings. The lowest BCUT2D eigenvalue weighted by molar-refractivity contribution is 1.68. The van der Waals surface area contributed by atoms with Gasteiger partial charge in [0.1, 0.15) is 0 Å². The Morgan fingerprint density at radius 3 is 2.00 bits per heavy atom. The maximum atomic E-state index is 3.59. The van der Waals surface area contributed by atoms with Gasteiger partial charge in [0.2, 0.25) is 0 Å². The molecule has 1 aliphatic carbocycles. The van der Waals surface area contributed by atoms with E-state index in [0.29, 0.717) is 0 Å². The van der Waals surface area contributed by atoms with Crippen molar-refractivity contribution in [2.75, 3.05) is 0 Å². The van der Waals surface area contributed by atoms with E-state index in [9.17, 15) is 0 Å². The van der Waals surface area contributed by atoms with Gasteiger partial charge in [-0.3, -0.25) is 0 Å². The summed E-state index contributed by atoms with van der Waals surface area (Å²) in [5, 5.41) is 0. The largest absolute Gasteiger partial charge is 0.120 e. The van der Waals surface area contributed by atoms with Crippen molar-refractivity contribution in [1.82, 2.24) is 0 Å². The summed E-state index contributed by atoms with van der Waals surface area (Å²) in [5.74, 6) is 0. The lowest BCUT2D eigenvalue weighted by Crippen LogP contribution is -1.67. The third kappa shape index (κ3) is 0.187. The highest BCUT2D eigenvalue weighted by Gasteiger charge is 1.80. The third-order valence-corrected chi connectivity index (χ3v) is 0.537. The van der Waals surface area contributed by atoms with Crippen LogP contribution < -0.4 is 0 Å². The minimum atomic E-state index is 1.07. The molecule has 0 heterocycles. The number of hydrogen-bond acceptors (Lipinski definition) is 0. The van der Waals surface area contributed by atoms with Crippen molar-refractivity contribution in [3.8, 4) is 0 Å². The van der Waals surface area contributed by atoms with E-state index in [-0.39, 0.29) is 0 Å². The van der Waals surface area contributed by atoms with Gasteiger partial charge in [-0.15, -0.1) is 5.73 Å². The van der Waals surface area contributed by atoms with Gasteiger partial charge in [0.05, 0.1) is 0 Å². The molecule has 0 nitrogen and oxygen atoms in total. The van der Waals surface area contributed by atoms with Crippen molar-refractivity contribution < 1.29 is 0 Å². The number of rotatable bonds is 0. The number of hydrogen-bond donors (Lipinski definition) is 0. The first-order valence-electron chi connectivity index (χ1n) is 1.51. The second-order valence-electron chi connectivity index (χ2n) is 1.03. The second-order valence-corrected chi connectivity index (χ2v) is 1.03. The molecule has 0 atom stereocenters. The second kappa shape index (κ2) is 0.602. The maximum absolute atomic E-state index is 3.59. The molecule has 1 aliphatic rings. The summed E-state index contributed by atoms with van der Waals surface area (Å²) in [4.78, 5) is 0. The average Bonchev–Trinajstić information content (AvgIpc) is 1.30. The van der Waals surface area contributed by atoms with E-state index in [0.717, 1.165) is 5.57 Å². The molecular weight excluding hydrogens is 60.1 g/mol. The van der Waals surface area contributed by atoms with E-state index in [1.807, 2.05) is 12.2 Å². The summed E-state index contributed by atoms with van der Waals surface area (Å²) in [5.41, 5.74) is 3.89. The Morgan fingerprint density at radius 1 is 1.60 bits per heavy atom. The highest BCUT2D eigenvalue weighted by molar-refractivity contribution is 5.35. The molecule has 0 spiro atoms. The fraction of sp³-hybridized carbons (Fsp3) is 0. The molecule has 0 aromatic carbocycles. The predicted molar refractivity (Wildman–Crippen MR) is 21.8 cm³/mol. The van der Waals surface area contributed by atoms with E-state index in [1.54, 1.807) is 0 Å². The molecule has 0 unspecified atom stereocenters. The van der Waals surface area contributed by atoms with Gasteiger partial charge < -0.3 is 0 Å². The van der Waals surface area contributed by atoms with Crippen LogP contribution in [0.1, 0.15) is 0 Å². The predicted octanol–water partition coefficient (Wildman–Crippen LogP) is 1.27. The van der Waals surface area contributed by atoms with E-state index in [2.05, 4.69) is 12.3 Å². The van der Waals surface area contributed by atoms with Crippen molar-refractivity contribution in [3.05, 3.63) is 30.0 Å². The van der Waals surface area contributed by atoms with Gasteiger partial charge in [-0.2, -0.15) is 0 Å². The molecule has 0 amide bonds. The monoisotopic (exact) mass is 64.0 g/mol. The quantitative estimate of drug-likeness (QED) is 0.372. The van der Waals surface area contributed by atoms with Gasteiger partial charge in [-0.1, -0.05) is 6.58 Å². The molecule has 0 aromatic rings. The number of allylic oxidation sites excluding steroid dienone is 2. The zero-order valence-electron chi connectivity index (χ0n) is 2.86. The fourth-order valence-electron chi connectivity index (χ4n) is 0.201. The van der Waals surface area contributed by atoms with E-state index in [1.165, 1.54) is 0 Å². The Bertz CT molecular complexity index is 102. The summed E-state index contributed by atoms with van der Waals surface area (Å²) in [7, 11) is 0. The average molecular weight is 64.1 g/mol. The summed E-state index contributed by atoms with van der Waals surface area (Å²) < 4.78 is 0. The molecule has 0 saturated carbocycles. The SMILES string of the molecule is C=C1C=C=C1. The van der Waals surface area contributed by atoms with Crippen LogP contribution in [0.3, 0.4) is 0 Å². The van der Waals surface area contributed by atoms with Crippen molar-refractivity contribution in [2.45, 2.75) is 0 Å². The summed E-state index contributed by atoms with van der Waals surface area (Å²) in [6, 6.07) is 0. The van der Waals surface area contributed by atoms with Gasteiger partial charge in [0, 0.05) is 0 Å². The highest BCUT2D eigenvalue weighted by Crippen LogP contribution is 1.99. The Morgan fingerprint density at radius 2 is 2.00 bits per heavy atom. The molecule has 5 heavy (non-hydrogen) atoms. The van der Waals surface area contributed by atoms with Crippen molar-refractivity contribution >= 4 is 0 Å². The minimum Gasteiger partial charge on any atom is -0.120 e. The summed E-state index contributed by atoms with van der Waals surface area (Å²) in [6.45, 7) is 3.59. The Labute approximate surface area is 31.1 Å². The van der Waals surface area contributed by atoms with Gasteiger partial charge in [-0.05, 0) is 17.7 Å². The topological polar surface area (TPSA) is 0 Å². The third-order valence-electron chi connectivity index (χ3n) is 0.537. The van der Waals surface area contributed by atoms with Crippen molar-refractivity contribution in [3.63, 3.8) is 0 Å². The van der Waals surface area contributed by atoms with E-state index in [4.69, 9.17) is 0 Å². The molecule has 0 bridgehead atoms. The van der Waals surface area contributed by atoms with Crippen LogP contribution >= 0.6 is 0 Å². The first kappa shape index (κ1) is 2.49. The van der Waals surface area contributed by atoms with Crippen molar-refractivity contribution in [1.29, 1.82) is 0 Å². The van der Waals surface area contributed by atoms with Gasteiger partial charge in [0.25, 0.3) is 0 Å². The van der Waals surface area contributed by atoms with Gasteiger partial charge in [0.15, 0.2) is 0 Å². The summed E-state index contributed by atoms with van der Waals surface area (Å²) in [6.07, 6.45) is 3.69. The summed E-state index contributed by atoms with van der Waals surface area (Å²) >= 11 is 0. The lowest BCUT2D eigenvalue weighted by atomic mass is 10.2. The lowest BCUT2D eigenvalue weighted by Gasteiger charge is -1.86. The first-order valence-corrected chi connectivity index (χ1v) is 1.51. The molecule has 0 radical (unpaired) electrons. The van der Waals surface area contributed by atoms with Crippen LogP contribution in [0.15, 0.2) is 30.0 Å². The highest BCUT2D eigenvalue weighted by atomic mass is 13.8. The van der Waals surface area contributed by atoms with Gasteiger partial charge >= 0.3 is 0 Å². The molecule has 24 valence electrons. The van der Waals surface area contributed by atoms with E-state index >= 15 is 0 Å². The van der Waals surface area contributed by atoms with Crippen molar-refractivity contribution in [2.24, 2.45) is 0 Å². The standard InChI is InChI=1S/C5H4/c1-5-3-2-4-5/h3-4H,1H2. The molecule has 0 aliphatic heterocycles. The van der Waals surface area contributed by atoms with Crippen LogP contribution in [0, 0.1) is 0 Å². The van der Waals surface area contributed by atoms with Gasteiger partial charge in [-0.25, -0.2) is 0 Å². The van der Waals surface area contributed by atoms with Crippen LogP contribution in [-0.4, -0.2) is 0 Å². The molecule has 0 aromatic heterocycles. The molecule has 0 N–H and O–H groups in total. The van der Waals surface area contributed by atoms with Crippen LogP contribution in [-0.2, 0) is 0 Å². The Balaban J connectivity index is 2.96. The van der Waals surface area contributed by atoms with E-state index < -0.39 is 0 Å². The molecular formula is C5H4. The smallest absolute Gasteiger partial charge is 0.0127 e.